The van der Waals surface area contributed by atoms with Crippen LogP contribution in [0.4, 0.5) is 5.82 Å². The Bertz CT molecular complexity index is 844. The molecule has 1 saturated heterocycles. The molecule has 7 nitrogen and oxygen atoms in total. The van der Waals surface area contributed by atoms with E-state index in [0.717, 1.165) is 25.0 Å². The molecule has 2 bridgehead atoms. The first-order valence-corrected chi connectivity index (χ1v) is 10.5. The first-order valence-electron chi connectivity index (χ1n) is 8.87. The number of aryl methyl sites for hydroxylation is 2. The monoisotopic (exact) mass is 366 g/mol. The highest BCUT2D eigenvalue weighted by molar-refractivity contribution is 7.89. The van der Waals surface area contributed by atoms with Crippen molar-refractivity contribution in [3.05, 3.63) is 11.8 Å². The zero-order chi connectivity index (χ0) is 18.2. The predicted octanol–water partition coefficient (Wildman–Crippen LogP) is 1.51. The Kier molecular flexibility index (Phi) is 3.45. The lowest BCUT2D eigenvalue weighted by Gasteiger charge is -2.37. The lowest BCUT2D eigenvalue weighted by molar-refractivity contribution is -0.117. The number of nitrogens with one attached hydrogen (secondary N) is 1. The van der Waals surface area contributed by atoms with Crippen molar-refractivity contribution in [2.24, 2.45) is 23.8 Å². The summed E-state index contributed by atoms with van der Waals surface area (Å²) in [5.41, 5.74) is 0.634. The first-order chi connectivity index (χ1) is 11.6. The molecule has 3 atom stereocenters. The first kappa shape index (κ1) is 17.0. The van der Waals surface area contributed by atoms with Crippen molar-refractivity contribution < 1.29 is 13.2 Å². The van der Waals surface area contributed by atoms with Gasteiger partial charge < -0.3 is 5.32 Å². The van der Waals surface area contributed by atoms with Gasteiger partial charge in [0.2, 0.25) is 15.9 Å². The molecule has 1 unspecified atom stereocenters. The van der Waals surface area contributed by atoms with Crippen LogP contribution in [0.3, 0.4) is 0 Å². The van der Waals surface area contributed by atoms with Crippen molar-refractivity contribution >= 4 is 21.7 Å². The molecule has 2 saturated carbocycles. The Morgan fingerprint density at radius 3 is 2.76 bits per heavy atom. The molecule has 1 aliphatic heterocycles. The summed E-state index contributed by atoms with van der Waals surface area (Å²) < 4.78 is 28.7. The minimum absolute atomic E-state index is 0.0229. The zero-order valence-corrected chi connectivity index (χ0v) is 16.1. The largest absolute Gasteiger partial charge is 0.310 e. The molecule has 2 heterocycles. The third-order valence-corrected chi connectivity index (χ3v) is 9.08. The topological polar surface area (TPSA) is 84.3 Å². The second-order valence-corrected chi connectivity index (χ2v) is 10.4. The maximum atomic E-state index is 12.8. The second-order valence-electron chi connectivity index (χ2n) is 8.51. The lowest BCUT2D eigenvalue weighted by Crippen LogP contribution is -2.44. The molecule has 25 heavy (non-hydrogen) atoms. The standard InChI is InChI=1S/C17H26N4O3S/c1-11-7-14(20(4)19-11)18-15(22)9-21-13-8-12-5-6-17(13,16(12,2)3)10-25(21,23)24/h7,12-13H,5-6,8-10H2,1-4H3,(H,18,22)/t12-,13-,17?/m1/s1. The average molecular weight is 366 g/mol. The zero-order valence-electron chi connectivity index (χ0n) is 15.2. The number of nitrogens with zero attached hydrogens (tertiary/aromatic N) is 3. The van der Waals surface area contributed by atoms with Crippen LogP contribution in [0.15, 0.2) is 6.07 Å². The number of aromatic nitrogens is 2. The van der Waals surface area contributed by atoms with Gasteiger partial charge in [-0.2, -0.15) is 9.40 Å². The van der Waals surface area contributed by atoms with E-state index in [2.05, 4.69) is 24.3 Å². The molecular formula is C17H26N4O3S. The average Bonchev–Trinajstić information content (AvgIpc) is 3.07. The van der Waals surface area contributed by atoms with E-state index < -0.39 is 10.0 Å². The van der Waals surface area contributed by atoms with Crippen LogP contribution in [-0.2, 0) is 21.9 Å². The SMILES string of the molecule is Cc1cc(NC(=O)CN2[C@@H]3C[C@H]4CCC3(CS2(=O)=O)C4(C)C)n(C)n1. The maximum Gasteiger partial charge on any atom is 0.240 e. The fourth-order valence-electron chi connectivity index (χ4n) is 5.63. The molecule has 1 N–H and O–H groups in total. The fraction of sp³-hybridized carbons (Fsp3) is 0.765. The molecule has 1 aromatic heterocycles. The number of sulfonamides is 1. The van der Waals surface area contributed by atoms with Gasteiger partial charge in [0.05, 0.1) is 18.0 Å². The van der Waals surface area contributed by atoms with E-state index in [0.29, 0.717) is 11.7 Å². The molecule has 0 aromatic carbocycles. The lowest BCUT2D eigenvalue weighted by atomic mass is 9.69. The Labute approximate surface area is 148 Å². The van der Waals surface area contributed by atoms with E-state index >= 15 is 0 Å². The molecule has 0 radical (unpaired) electrons. The summed E-state index contributed by atoms with van der Waals surface area (Å²) in [7, 11) is -1.65. The van der Waals surface area contributed by atoms with Crippen LogP contribution in [0, 0.1) is 23.7 Å². The van der Waals surface area contributed by atoms with Crippen LogP contribution >= 0.6 is 0 Å². The molecule has 3 fully saturated rings. The van der Waals surface area contributed by atoms with E-state index in [1.54, 1.807) is 17.8 Å². The van der Waals surface area contributed by atoms with Gasteiger partial charge in [0, 0.05) is 24.6 Å². The van der Waals surface area contributed by atoms with Crippen LogP contribution in [0.5, 0.6) is 0 Å². The summed E-state index contributed by atoms with van der Waals surface area (Å²) >= 11 is 0. The summed E-state index contributed by atoms with van der Waals surface area (Å²) in [5, 5.41) is 6.99. The highest BCUT2D eigenvalue weighted by atomic mass is 32.2. The predicted molar refractivity (Wildman–Crippen MR) is 94.4 cm³/mol. The van der Waals surface area contributed by atoms with Gasteiger partial charge in [-0.15, -0.1) is 0 Å². The Morgan fingerprint density at radius 2 is 2.16 bits per heavy atom. The summed E-state index contributed by atoms with van der Waals surface area (Å²) in [6.45, 7) is 6.16. The van der Waals surface area contributed by atoms with Crippen LogP contribution in [-0.4, -0.2) is 46.8 Å². The minimum atomic E-state index is -3.40. The molecule has 2 aliphatic carbocycles. The van der Waals surface area contributed by atoms with E-state index in [1.165, 1.54) is 4.31 Å². The van der Waals surface area contributed by atoms with Gasteiger partial charge in [-0.3, -0.25) is 9.48 Å². The van der Waals surface area contributed by atoms with E-state index in [1.807, 2.05) is 6.92 Å². The minimum Gasteiger partial charge on any atom is -0.310 e. The molecule has 1 spiro atoms. The van der Waals surface area contributed by atoms with Crippen molar-refractivity contribution in [3.63, 3.8) is 0 Å². The number of carbonyl (C=O) groups excluding carboxylic acids is 1. The highest BCUT2D eigenvalue weighted by Crippen LogP contribution is 2.69. The fourth-order valence-corrected chi connectivity index (χ4v) is 8.15. The molecule has 138 valence electrons. The van der Waals surface area contributed by atoms with E-state index in [4.69, 9.17) is 0 Å². The van der Waals surface area contributed by atoms with Gasteiger partial charge in [-0.05, 0) is 37.5 Å². The van der Waals surface area contributed by atoms with Crippen LogP contribution in [0.25, 0.3) is 0 Å². The third kappa shape index (κ3) is 2.23. The van der Waals surface area contributed by atoms with Crippen molar-refractivity contribution in [1.29, 1.82) is 0 Å². The van der Waals surface area contributed by atoms with E-state index in [9.17, 15) is 13.2 Å². The number of anilines is 1. The number of fused-ring (bicyclic) bond motifs is 1. The maximum absolute atomic E-state index is 12.8. The van der Waals surface area contributed by atoms with Crippen molar-refractivity contribution in [2.45, 2.75) is 46.1 Å². The highest BCUT2D eigenvalue weighted by Gasteiger charge is 2.71. The third-order valence-electron chi connectivity index (χ3n) is 7.10. The molecule has 1 aromatic rings. The number of rotatable bonds is 3. The van der Waals surface area contributed by atoms with Gasteiger partial charge in [0.25, 0.3) is 0 Å². The molecule has 4 rings (SSSR count). The Balaban J connectivity index is 1.57. The molecule has 1 amide bonds. The van der Waals surface area contributed by atoms with Crippen LogP contribution in [0.2, 0.25) is 0 Å². The quantitative estimate of drug-likeness (QED) is 0.879. The number of hydrogen-bond acceptors (Lipinski definition) is 4. The van der Waals surface area contributed by atoms with Crippen molar-refractivity contribution in [2.75, 3.05) is 17.6 Å². The van der Waals surface area contributed by atoms with Crippen molar-refractivity contribution in [3.8, 4) is 0 Å². The van der Waals surface area contributed by atoms with Gasteiger partial charge in [0.1, 0.15) is 5.82 Å². The second kappa shape index (κ2) is 5.07. The van der Waals surface area contributed by atoms with Gasteiger partial charge in [-0.25, -0.2) is 8.42 Å². The number of hydrogen-bond donors (Lipinski definition) is 1. The summed E-state index contributed by atoms with van der Waals surface area (Å²) in [6.07, 6.45) is 2.94. The number of amides is 1. The van der Waals surface area contributed by atoms with Crippen LogP contribution in [0.1, 0.15) is 38.8 Å². The summed E-state index contributed by atoms with van der Waals surface area (Å²) in [4.78, 5) is 12.5. The van der Waals surface area contributed by atoms with Crippen molar-refractivity contribution in [1.82, 2.24) is 14.1 Å². The summed E-state index contributed by atoms with van der Waals surface area (Å²) in [6, 6.07) is 1.74. The van der Waals surface area contributed by atoms with E-state index in [-0.39, 0.29) is 35.1 Å². The normalized spacial score (nSPS) is 35.0. The van der Waals surface area contributed by atoms with Gasteiger partial charge in [-0.1, -0.05) is 13.8 Å². The van der Waals surface area contributed by atoms with Crippen LogP contribution < -0.4 is 5.32 Å². The van der Waals surface area contributed by atoms with Gasteiger partial charge >= 0.3 is 0 Å². The summed E-state index contributed by atoms with van der Waals surface area (Å²) in [5.74, 6) is 1.02. The molecule has 8 heteroatoms. The number of carbonyl (C=O) groups is 1. The Morgan fingerprint density at radius 1 is 1.44 bits per heavy atom. The molecular weight excluding hydrogens is 340 g/mol. The smallest absolute Gasteiger partial charge is 0.240 e. The molecule has 3 aliphatic rings. The Hall–Kier alpha value is -1.41. The van der Waals surface area contributed by atoms with Gasteiger partial charge in [0.15, 0.2) is 0 Å².